The average Bonchev–Trinajstić information content (AvgIpc) is 3.40. The lowest BCUT2D eigenvalue weighted by atomic mass is 9.96. The maximum Gasteiger partial charge on any atom is 0.319 e. The van der Waals surface area contributed by atoms with Crippen molar-refractivity contribution in [1.82, 2.24) is 24.8 Å². The van der Waals surface area contributed by atoms with Gasteiger partial charge in [-0.25, -0.2) is 19.2 Å². The van der Waals surface area contributed by atoms with E-state index in [-0.39, 0.29) is 6.54 Å². The number of benzene rings is 2. The zero-order chi connectivity index (χ0) is 31.8. The van der Waals surface area contributed by atoms with Crippen LogP contribution >= 0.6 is 0 Å². The molecule has 2 aromatic heterocycles. The first kappa shape index (κ1) is 32.1. The third-order valence-electron chi connectivity index (χ3n) is 7.80. The second-order valence-electron chi connectivity index (χ2n) is 12.4. The van der Waals surface area contributed by atoms with Crippen LogP contribution in [0.4, 0.5) is 14.9 Å². The maximum atomic E-state index is 15.5. The molecular formula is C35H41FN6O2Si. The lowest BCUT2D eigenvalue weighted by Crippen LogP contribution is -2.28. The molecule has 2 N–H and O–H groups in total. The highest BCUT2D eigenvalue weighted by Gasteiger charge is 2.22. The van der Waals surface area contributed by atoms with E-state index in [1.807, 2.05) is 35.8 Å². The summed E-state index contributed by atoms with van der Waals surface area (Å²) in [6.07, 6.45) is 6.74. The van der Waals surface area contributed by atoms with E-state index < -0.39 is 19.9 Å². The largest absolute Gasteiger partial charge is 0.361 e. The molecule has 234 valence electrons. The van der Waals surface area contributed by atoms with Gasteiger partial charge in [-0.15, -0.1) is 5.92 Å². The second kappa shape index (κ2) is 14.7. The van der Waals surface area contributed by atoms with Gasteiger partial charge in [0.1, 0.15) is 24.5 Å². The smallest absolute Gasteiger partial charge is 0.319 e. The van der Waals surface area contributed by atoms with E-state index in [0.717, 1.165) is 48.7 Å². The normalized spacial score (nSPS) is 13.7. The van der Waals surface area contributed by atoms with Crippen molar-refractivity contribution in [3.8, 4) is 23.1 Å². The van der Waals surface area contributed by atoms with Crippen molar-refractivity contribution in [3.05, 3.63) is 84.1 Å². The number of aromatic nitrogens is 3. The number of hydrogen-bond donors (Lipinski definition) is 2. The van der Waals surface area contributed by atoms with Crippen LogP contribution in [0.15, 0.2) is 67.1 Å². The van der Waals surface area contributed by atoms with E-state index in [1.165, 1.54) is 18.0 Å². The van der Waals surface area contributed by atoms with Crippen LogP contribution in [0.2, 0.25) is 25.7 Å². The van der Waals surface area contributed by atoms with Gasteiger partial charge >= 0.3 is 6.03 Å². The summed E-state index contributed by atoms with van der Waals surface area (Å²) in [7, 11) is -1.23. The van der Waals surface area contributed by atoms with Crippen LogP contribution in [0.25, 0.3) is 27.9 Å². The number of carbonyl (C=O) groups is 1. The molecule has 0 atom stereocenters. The summed E-state index contributed by atoms with van der Waals surface area (Å²) in [5.74, 6) is 5.72. The topological polar surface area (TPSA) is 84.3 Å². The third kappa shape index (κ3) is 8.45. The molecule has 10 heteroatoms. The average molecular weight is 625 g/mol. The predicted molar refractivity (Wildman–Crippen MR) is 182 cm³/mol. The van der Waals surface area contributed by atoms with Crippen molar-refractivity contribution in [3.63, 3.8) is 0 Å². The molecule has 2 amide bonds. The van der Waals surface area contributed by atoms with Gasteiger partial charge in [-0.05, 0) is 43.2 Å². The van der Waals surface area contributed by atoms with Crippen molar-refractivity contribution >= 4 is 36.4 Å². The number of hydrogen-bond acceptors (Lipinski definition) is 5. The van der Waals surface area contributed by atoms with E-state index in [1.54, 1.807) is 18.2 Å². The predicted octanol–water partition coefficient (Wildman–Crippen LogP) is 6.98. The van der Waals surface area contributed by atoms with Crippen molar-refractivity contribution in [2.24, 2.45) is 0 Å². The van der Waals surface area contributed by atoms with Crippen LogP contribution in [0.5, 0.6) is 0 Å². The van der Waals surface area contributed by atoms with Gasteiger partial charge in [0.15, 0.2) is 0 Å². The maximum absolute atomic E-state index is 15.5. The number of rotatable bonds is 11. The zero-order valence-electron chi connectivity index (χ0n) is 26.5. The number of nitrogens with zero attached hydrogens (tertiary/aromatic N) is 4. The third-order valence-corrected chi connectivity index (χ3v) is 9.50. The summed E-state index contributed by atoms with van der Waals surface area (Å²) in [5.41, 5.74) is 5.36. The molecule has 3 heterocycles. The number of ether oxygens (including phenoxy) is 1. The minimum absolute atomic E-state index is 0.0478. The zero-order valence-corrected chi connectivity index (χ0v) is 27.5. The minimum Gasteiger partial charge on any atom is -0.361 e. The Kier molecular flexibility index (Phi) is 10.5. The molecule has 0 aliphatic carbocycles. The van der Waals surface area contributed by atoms with E-state index in [0.29, 0.717) is 35.8 Å². The summed E-state index contributed by atoms with van der Waals surface area (Å²) < 4.78 is 23.6. The summed E-state index contributed by atoms with van der Waals surface area (Å²) in [5, 5.41) is 6.37. The monoisotopic (exact) mass is 624 g/mol. The fourth-order valence-electron chi connectivity index (χ4n) is 5.23. The number of urea groups is 1. The first-order valence-corrected chi connectivity index (χ1v) is 19.0. The van der Waals surface area contributed by atoms with Crippen LogP contribution in [0.3, 0.4) is 0 Å². The standard InChI is InChI=1S/C35H41FN6O2Si/c1-5-6-16-41-17-14-26(15-18-41)30-23-42(25-44-19-20-45(2,3)4)34-32(30)33(38-24-39-34)27-12-13-28(31(36)21-27)22-37-35(43)40-29-10-8-7-9-11-29/h7-14,21,23-24H,15-20,22,25H2,1-4H3,(H2,37,40,43). The van der Waals surface area contributed by atoms with E-state index >= 15 is 4.39 Å². The molecule has 0 fully saturated rings. The van der Waals surface area contributed by atoms with Gasteiger partial charge in [0.2, 0.25) is 0 Å². The van der Waals surface area contributed by atoms with Crippen LogP contribution in [0.1, 0.15) is 24.5 Å². The highest BCUT2D eigenvalue weighted by atomic mass is 28.3. The molecule has 45 heavy (non-hydrogen) atoms. The Balaban J connectivity index is 1.41. The van der Waals surface area contributed by atoms with Crippen molar-refractivity contribution in [1.29, 1.82) is 0 Å². The molecular weight excluding hydrogens is 584 g/mol. The SMILES string of the molecule is CC#CCN1CC=C(c2cn(COCC[Si](C)(C)C)c3ncnc(-c4ccc(CNC(=O)Nc5ccccc5)c(F)c4)c23)CC1. The van der Waals surface area contributed by atoms with Crippen LogP contribution in [-0.4, -0.2) is 59.8 Å². The Morgan fingerprint density at radius 3 is 2.67 bits per heavy atom. The van der Waals surface area contributed by atoms with Crippen molar-refractivity contribution in [2.45, 2.75) is 52.3 Å². The highest BCUT2D eigenvalue weighted by molar-refractivity contribution is 6.76. The number of anilines is 1. The molecule has 4 aromatic rings. The fraction of sp³-hybridized carbons (Fsp3) is 0.343. The molecule has 8 nitrogen and oxygen atoms in total. The van der Waals surface area contributed by atoms with E-state index in [2.05, 4.69) is 69.3 Å². The van der Waals surface area contributed by atoms with Crippen molar-refractivity contribution in [2.75, 3.05) is 31.6 Å². The van der Waals surface area contributed by atoms with Gasteiger partial charge in [-0.1, -0.05) is 62.0 Å². The van der Waals surface area contributed by atoms with Gasteiger partial charge in [-0.3, -0.25) is 4.90 Å². The molecule has 0 saturated heterocycles. The molecule has 0 radical (unpaired) electrons. The molecule has 0 saturated carbocycles. The van der Waals surface area contributed by atoms with Crippen molar-refractivity contribution < 1.29 is 13.9 Å². The first-order chi connectivity index (χ1) is 21.7. The van der Waals surface area contributed by atoms with E-state index in [4.69, 9.17) is 4.74 Å². The highest BCUT2D eigenvalue weighted by Crippen LogP contribution is 2.36. The molecule has 2 aromatic carbocycles. The quantitative estimate of drug-likeness (QED) is 0.107. The second-order valence-corrected chi connectivity index (χ2v) is 18.0. The Morgan fingerprint density at radius 2 is 1.96 bits per heavy atom. The Morgan fingerprint density at radius 1 is 1.13 bits per heavy atom. The number of halogens is 1. The lowest BCUT2D eigenvalue weighted by molar-refractivity contribution is 0.0898. The van der Waals surface area contributed by atoms with Gasteiger partial charge in [0.25, 0.3) is 0 Å². The van der Waals surface area contributed by atoms with Crippen LogP contribution in [-0.2, 0) is 18.0 Å². The molecule has 1 aliphatic heterocycles. The Bertz CT molecular complexity index is 1740. The molecule has 0 bridgehead atoms. The summed E-state index contributed by atoms with van der Waals surface area (Å²) in [4.78, 5) is 24.0. The molecule has 1 aliphatic rings. The molecule has 0 spiro atoms. The number of carbonyl (C=O) groups excluding carboxylic acids is 1. The van der Waals surface area contributed by atoms with Crippen LogP contribution in [0, 0.1) is 17.7 Å². The Labute approximate surface area is 265 Å². The fourth-order valence-corrected chi connectivity index (χ4v) is 5.98. The molecule has 5 rings (SSSR count). The number of nitrogens with one attached hydrogen (secondary N) is 2. The van der Waals surface area contributed by atoms with E-state index in [9.17, 15) is 4.79 Å². The first-order valence-electron chi connectivity index (χ1n) is 15.3. The summed E-state index contributed by atoms with van der Waals surface area (Å²) in [6, 6.07) is 14.8. The van der Waals surface area contributed by atoms with Gasteiger partial charge in [-0.2, -0.15) is 0 Å². The lowest BCUT2D eigenvalue weighted by Gasteiger charge is -2.24. The summed E-state index contributed by atoms with van der Waals surface area (Å²) >= 11 is 0. The number of amides is 2. The Hall–Kier alpha value is -4.30. The summed E-state index contributed by atoms with van der Waals surface area (Å²) in [6.45, 7) is 12.5. The minimum atomic E-state index is -1.23. The van der Waals surface area contributed by atoms with Gasteiger partial charge < -0.3 is 19.9 Å². The van der Waals surface area contributed by atoms with Crippen LogP contribution < -0.4 is 10.6 Å². The number of fused-ring (bicyclic) bond motifs is 1. The van der Waals surface area contributed by atoms with Gasteiger partial charge in [0, 0.05) is 62.9 Å². The molecule has 0 unspecified atom stereocenters. The number of para-hydroxylation sites is 1. The van der Waals surface area contributed by atoms with Gasteiger partial charge in [0.05, 0.1) is 17.6 Å².